The van der Waals surface area contributed by atoms with Crippen molar-refractivity contribution in [3.63, 3.8) is 0 Å². The number of esters is 1. The summed E-state index contributed by atoms with van der Waals surface area (Å²) in [4.78, 5) is 11.7. The Morgan fingerprint density at radius 2 is 1.26 bits per heavy atom. The smallest absolute Gasteiger partial charge is 0.308 e. The molecule has 14 heteroatoms. The molecule has 186 valence electrons. The first-order valence-corrected chi connectivity index (χ1v) is 12.6. The first kappa shape index (κ1) is 30.1. The van der Waals surface area contributed by atoms with Crippen molar-refractivity contribution in [2.45, 2.75) is 26.7 Å². The Hall–Kier alpha value is -0.870. The van der Waals surface area contributed by atoms with Gasteiger partial charge in [0.1, 0.15) is 26.2 Å². The average Bonchev–Trinajstić information content (AvgIpc) is 2.59. The van der Waals surface area contributed by atoms with Gasteiger partial charge in [-0.3, -0.25) is 13.2 Å². The fourth-order valence-corrected chi connectivity index (χ4v) is 3.40. The molecular formula is C17H36N2O10S2. The van der Waals surface area contributed by atoms with E-state index in [1.54, 1.807) is 13.8 Å². The van der Waals surface area contributed by atoms with Gasteiger partial charge in [0.05, 0.1) is 53.4 Å². The minimum Gasteiger partial charge on any atom is -0.726 e. The highest BCUT2D eigenvalue weighted by molar-refractivity contribution is 7.81. The summed E-state index contributed by atoms with van der Waals surface area (Å²) in [5, 5.41) is 0. The molecule has 12 nitrogen and oxygen atoms in total. The molecule has 0 aromatic carbocycles. The van der Waals surface area contributed by atoms with E-state index in [1.165, 1.54) is 0 Å². The molecule has 0 amide bonds. The van der Waals surface area contributed by atoms with Crippen molar-refractivity contribution in [1.82, 2.24) is 0 Å². The van der Waals surface area contributed by atoms with E-state index in [4.69, 9.17) is 4.74 Å². The number of likely N-dealkylation sites (N-methyl/N-ethyl adjacent to an activating group) is 2. The molecule has 0 aliphatic carbocycles. The molecule has 0 aromatic heterocycles. The van der Waals surface area contributed by atoms with E-state index in [2.05, 4.69) is 8.37 Å². The molecule has 0 saturated carbocycles. The maximum atomic E-state index is 11.7. The summed E-state index contributed by atoms with van der Waals surface area (Å²) in [6.07, 6.45) is 0.693. The van der Waals surface area contributed by atoms with Crippen molar-refractivity contribution in [2.24, 2.45) is 5.92 Å². The number of hydrogen-bond acceptors (Lipinski definition) is 10. The van der Waals surface area contributed by atoms with Crippen molar-refractivity contribution >= 4 is 26.8 Å². The molecule has 0 aliphatic rings. The zero-order valence-electron chi connectivity index (χ0n) is 18.9. The molecule has 0 heterocycles. The molecule has 0 fully saturated rings. The second-order valence-electron chi connectivity index (χ2n) is 8.66. The summed E-state index contributed by atoms with van der Waals surface area (Å²) in [6, 6.07) is 0. The maximum absolute atomic E-state index is 11.7. The van der Waals surface area contributed by atoms with Crippen LogP contribution in [0.3, 0.4) is 0 Å². The summed E-state index contributed by atoms with van der Waals surface area (Å²) in [5.41, 5.74) is 0. The van der Waals surface area contributed by atoms with Gasteiger partial charge in [0, 0.05) is 12.8 Å². The van der Waals surface area contributed by atoms with E-state index in [9.17, 15) is 30.7 Å². The molecule has 0 radical (unpaired) electrons. The summed E-state index contributed by atoms with van der Waals surface area (Å²) in [6.45, 7) is 6.09. The van der Waals surface area contributed by atoms with Gasteiger partial charge in [-0.05, 0) is 0 Å². The second kappa shape index (κ2) is 13.0. The normalized spacial score (nSPS) is 15.1. The fourth-order valence-electron chi connectivity index (χ4n) is 2.75. The highest BCUT2D eigenvalue weighted by atomic mass is 32.3. The molecular weight excluding hydrogens is 456 g/mol. The van der Waals surface area contributed by atoms with Crippen LogP contribution in [0.2, 0.25) is 0 Å². The molecule has 31 heavy (non-hydrogen) atoms. The number of quaternary nitrogens is 2. The van der Waals surface area contributed by atoms with Crippen molar-refractivity contribution in [3.05, 3.63) is 0 Å². The van der Waals surface area contributed by atoms with Gasteiger partial charge in [-0.15, -0.1) is 0 Å². The van der Waals surface area contributed by atoms with Gasteiger partial charge in [-0.1, -0.05) is 13.8 Å². The zero-order valence-corrected chi connectivity index (χ0v) is 20.6. The van der Waals surface area contributed by atoms with Crippen LogP contribution < -0.4 is 0 Å². The standard InChI is InChI=1S/C17H36N2O10S2/c1-16(2)17(20)27-15-12-19(5,9-7-14-29-31(24,25)26)11-10-18(3,4)8-6-13-28-30(21,22)23/h16H,6-15H2,1-5H3. The lowest BCUT2D eigenvalue weighted by atomic mass is 10.2. The largest absolute Gasteiger partial charge is 0.726 e. The van der Waals surface area contributed by atoms with Gasteiger partial charge < -0.3 is 22.8 Å². The summed E-state index contributed by atoms with van der Waals surface area (Å²) in [7, 11) is -3.62. The Morgan fingerprint density at radius 3 is 1.71 bits per heavy atom. The number of carbonyl (C=O) groups excluding carboxylic acids is 1. The van der Waals surface area contributed by atoms with Crippen molar-refractivity contribution in [3.8, 4) is 0 Å². The Morgan fingerprint density at radius 1 is 0.774 bits per heavy atom. The van der Waals surface area contributed by atoms with E-state index < -0.39 is 20.8 Å². The lowest BCUT2D eigenvalue weighted by Gasteiger charge is -2.38. The third-order valence-electron chi connectivity index (χ3n) is 4.80. The van der Waals surface area contributed by atoms with Crippen LogP contribution in [0.1, 0.15) is 26.7 Å². The van der Waals surface area contributed by atoms with Crippen LogP contribution in [0.4, 0.5) is 0 Å². The molecule has 0 aliphatic heterocycles. The predicted octanol–water partition coefficient (Wildman–Crippen LogP) is -0.558. The molecule has 0 bridgehead atoms. The van der Waals surface area contributed by atoms with Gasteiger partial charge >= 0.3 is 5.97 Å². The quantitative estimate of drug-likeness (QED) is 0.0847. The number of nitrogens with zero attached hydrogens (tertiary/aromatic N) is 2. The Balaban J connectivity index is 4.79. The van der Waals surface area contributed by atoms with Crippen molar-refractivity contribution < 1.29 is 52.8 Å². The van der Waals surface area contributed by atoms with E-state index in [0.29, 0.717) is 54.5 Å². The lowest BCUT2D eigenvalue weighted by Crippen LogP contribution is -2.55. The third kappa shape index (κ3) is 17.4. The Kier molecular flexibility index (Phi) is 12.6. The van der Waals surface area contributed by atoms with E-state index >= 15 is 0 Å². The van der Waals surface area contributed by atoms with Gasteiger partial charge in [-0.25, -0.2) is 16.8 Å². The van der Waals surface area contributed by atoms with Crippen LogP contribution in [0.25, 0.3) is 0 Å². The Labute approximate surface area is 186 Å². The molecule has 0 N–H and O–H groups in total. The zero-order chi connectivity index (χ0) is 24.3. The van der Waals surface area contributed by atoms with Gasteiger partial charge in [0.2, 0.25) is 20.8 Å². The number of rotatable bonds is 17. The fraction of sp³-hybridized carbons (Fsp3) is 0.941. The molecule has 0 aromatic rings. The summed E-state index contributed by atoms with van der Waals surface area (Å²) >= 11 is 0. The average molecular weight is 493 g/mol. The van der Waals surface area contributed by atoms with Gasteiger partial charge in [0.15, 0.2) is 0 Å². The minimum atomic E-state index is -4.74. The van der Waals surface area contributed by atoms with Gasteiger partial charge in [-0.2, -0.15) is 0 Å². The molecule has 1 atom stereocenters. The summed E-state index contributed by atoms with van der Waals surface area (Å²) in [5.74, 6) is -0.554. The van der Waals surface area contributed by atoms with Crippen LogP contribution in [0.15, 0.2) is 0 Å². The van der Waals surface area contributed by atoms with E-state index in [-0.39, 0.29) is 31.7 Å². The maximum Gasteiger partial charge on any atom is 0.308 e. The first-order chi connectivity index (χ1) is 13.9. The van der Waals surface area contributed by atoms with Crippen molar-refractivity contribution in [2.75, 3.05) is 73.7 Å². The Bertz CT molecular complexity index is 753. The van der Waals surface area contributed by atoms with E-state index in [1.807, 2.05) is 21.1 Å². The van der Waals surface area contributed by atoms with Crippen LogP contribution in [-0.4, -0.2) is 115 Å². The number of ether oxygens (including phenoxy) is 1. The van der Waals surface area contributed by atoms with Gasteiger partial charge in [0.25, 0.3) is 0 Å². The van der Waals surface area contributed by atoms with E-state index in [0.717, 1.165) is 0 Å². The van der Waals surface area contributed by atoms with Crippen LogP contribution in [0, 0.1) is 5.92 Å². The monoisotopic (exact) mass is 492 g/mol. The highest BCUT2D eigenvalue weighted by Gasteiger charge is 2.27. The highest BCUT2D eigenvalue weighted by Crippen LogP contribution is 2.10. The molecule has 0 spiro atoms. The SMILES string of the molecule is CC(C)C(=O)OCC[N+](C)(CCCOS(=O)(=O)[O-])CC[N+](C)(C)CCCOS(=O)(=O)[O-]. The van der Waals surface area contributed by atoms with Crippen LogP contribution in [-0.2, 0) is 38.7 Å². The van der Waals surface area contributed by atoms with Crippen LogP contribution in [0.5, 0.6) is 0 Å². The summed E-state index contributed by atoms with van der Waals surface area (Å²) < 4.78 is 78.0. The molecule has 1 unspecified atom stereocenters. The molecule has 0 rings (SSSR count). The van der Waals surface area contributed by atoms with Crippen LogP contribution >= 0.6 is 0 Å². The predicted molar refractivity (Wildman–Crippen MR) is 109 cm³/mol. The number of hydrogen-bond donors (Lipinski definition) is 0. The molecule has 0 saturated heterocycles. The third-order valence-corrected chi connectivity index (χ3v) is 5.71. The van der Waals surface area contributed by atoms with Crippen molar-refractivity contribution in [1.29, 1.82) is 0 Å². The number of carbonyl (C=O) groups is 1. The first-order valence-electron chi connectivity index (χ1n) is 9.97. The lowest BCUT2D eigenvalue weighted by molar-refractivity contribution is -0.955. The second-order valence-corrected chi connectivity index (χ2v) is 10.8. The topological polar surface area (TPSA) is 159 Å². The minimum absolute atomic E-state index is 0.189.